The van der Waals surface area contributed by atoms with Crippen molar-refractivity contribution in [2.24, 2.45) is 0 Å². The minimum Gasteiger partial charge on any atom is -0.362 e. The molecule has 1 aromatic rings. The summed E-state index contributed by atoms with van der Waals surface area (Å²) in [6, 6.07) is 2.58. The lowest BCUT2D eigenvalue weighted by molar-refractivity contribution is 0.0680. The van der Waals surface area contributed by atoms with E-state index in [1.54, 1.807) is 6.20 Å². The van der Waals surface area contributed by atoms with Crippen LogP contribution in [-0.2, 0) is 0 Å². The lowest BCUT2D eigenvalue weighted by Gasteiger charge is -2.29. The molecule has 0 radical (unpaired) electrons. The first-order valence-electron chi connectivity index (χ1n) is 7.44. The molecule has 2 aliphatic rings. The summed E-state index contributed by atoms with van der Waals surface area (Å²) in [6.07, 6.45) is 5.00. The van der Waals surface area contributed by atoms with Crippen molar-refractivity contribution >= 4 is 52.5 Å². The van der Waals surface area contributed by atoms with Crippen LogP contribution in [0.2, 0.25) is 0 Å². The largest absolute Gasteiger partial charge is 0.362 e. The molecule has 1 aromatic heterocycles. The Morgan fingerprint density at radius 2 is 2.00 bits per heavy atom. The first kappa shape index (κ1) is 20.5. The van der Waals surface area contributed by atoms with Crippen molar-refractivity contribution in [1.82, 2.24) is 15.2 Å². The molecule has 130 valence electrons. The molecule has 0 spiro atoms. The molecule has 3 heterocycles. The van der Waals surface area contributed by atoms with Gasteiger partial charge >= 0.3 is 0 Å². The highest BCUT2D eigenvalue weighted by atomic mass is 79.9. The minimum atomic E-state index is 0. The van der Waals surface area contributed by atoms with Gasteiger partial charge in [-0.25, -0.2) is 4.98 Å². The fraction of sp³-hybridized carbons (Fsp3) is 0.600. The molecular weight excluding hydrogens is 403 g/mol. The van der Waals surface area contributed by atoms with Crippen molar-refractivity contribution in [2.45, 2.75) is 31.3 Å². The molecule has 23 heavy (non-hydrogen) atoms. The third-order valence-electron chi connectivity index (χ3n) is 4.38. The molecule has 0 saturated carbocycles. The van der Waals surface area contributed by atoms with E-state index in [1.165, 1.54) is 0 Å². The Morgan fingerprint density at radius 3 is 2.70 bits per heavy atom. The zero-order valence-electron chi connectivity index (χ0n) is 13.3. The predicted octanol–water partition coefficient (Wildman–Crippen LogP) is 2.72. The second kappa shape index (κ2) is 8.51. The number of halogens is 3. The molecule has 0 aromatic carbocycles. The molecular formula is C15H23BrCl2N4O. The molecule has 8 heteroatoms. The molecule has 5 nitrogen and oxygen atoms in total. The molecule has 2 unspecified atom stereocenters. The summed E-state index contributed by atoms with van der Waals surface area (Å²) in [6.45, 7) is 1.91. The molecule has 3 rings (SSSR count). The van der Waals surface area contributed by atoms with Crippen molar-refractivity contribution in [1.29, 1.82) is 0 Å². The average molecular weight is 426 g/mol. The second-order valence-electron chi connectivity index (χ2n) is 6.01. The summed E-state index contributed by atoms with van der Waals surface area (Å²) in [5.41, 5.74) is 0.688. The van der Waals surface area contributed by atoms with Crippen molar-refractivity contribution in [2.75, 3.05) is 32.1 Å². The Balaban J connectivity index is 0.00000132. The fourth-order valence-corrected chi connectivity index (χ4v) is 3.73. The Labute approximate surface area is 158 Å². The quantitative estimate of drug-likeness (QED) is 0.791. The predicted molar refractivity (Wildman–Crippen MR) is 101 cm³/mol. The van der Waals surface area contributed by atoms with E-state index in [4.69, 9.17) is 0 Å². The van der Waals surface area contributed by atoms with Gasteiger partial charge in [-0.1, -0.05) is 0 Å². The number of carbonyl (C=O) groups is 1. The second-order valence-corrected chi connectivity index (χ2v) is 6.93. The van der Waals surface area contributed by atoms with Gasteiger partial charge in [-0.2, -0.15) is 0 Å². The van der Waals surface area contributed by atoms with Crippen LogP contribution in [0.25, 0.3) is 0 Å². The van der Waals surface area contributed by atoms with E-state index in [-0.39, 0.29) is 30.7 Å². The molecule has 0 aliphatic carbocycles. The van der Waals surface area contributed by atoms with Gasteiger partial charge in [-0.3, -0.25) is 4.79 Å². The van der Waals surface area contributed by atoms with E-state index in [1.807, 2.05) is 25.1 Å². The highest BCUT2D eigenvalue weighted by Crippen LogP contribution is 2.31. The Kier molecular flexibility index (Phi) is 7.58. The summed E-state index contributed by atoms with van der Waals surface area (Å²) in [5, 5.41) is 3.43. The maximum atomic E-state index is 13.1. The summed E-state index contributed by atoms with van der Waals surface area (Å²) in [4.78, 5) is 21.5. The molecule has 2 fully saturated rings. The Hall–Kier alpha value is -0.560. The van der Waals surface area contributed by atoms with Gasteiger partial charge in [0.15, 0.2) is 0 Å². The van der Waals surface area contributed by atoms with E-state index < -0.39 is 0 Å². The van der Waals surface area contributed by atoms with E-state index in [9.17, 15) is 4.79 Å². The first-order chi connectivity index (χ1) is 10.1. The number of nitrogens with zero attached hydrogens (tertiary/aromatic N) is 3. The SMILES string of the molecule is CN(C)c1ncc(Br)cc1C(=O)N1C2CCNCC1CC2.Cl.Cl. The van der Waals surface area contributed by atoms with Crippen molar-refractivity contribution in [3.63, 3.8) is 0 Å². The number of pyridine rings is 1. The summed E-state index contributed by atoms with van der Waals surface area (Å²) < 4.78 is 0.844. The Bertz CT molecular complexity index is 544. The number of nitrogens with one attached hydrogen (secondary N) is 1. The molecule has 2 atom stereocenters. The van der Waals surface area contributed by atoms with Gasteiger partial charge in [0, 0.05) is 43.4 Å². The van der Waals surface area contributed by atoms with Gasteiger partial charge in [0.05, 0.1) is 5.56 Å². The zero-order valence-corrected chi connectivity index (χ0v) is 16.5. The number of anilines is 1. The molecule has 2 saturated heterocycles. The zero-order chi connectivity index (χ0) is 15.0. The van der Waals surface area contributed by atoms with Crippen LogP contribution in [0.15, 0.2) is 16.7 Å². The summed E-state index contributed by atoms with van der Waals surface area (Å²) in [5.74, 6) is 0.850. The van der Waals surface area contributed by atoms with Gasteiger partial charge in [0.1, 0.15) is 5.82 Å². The number of hydrogen-bond acceptors (Lipinski definition) is 4. The van der Waals surface area contributed by atoms with Gasteiger partial charge in [0.2, 0.25) is 0 Å². The van der Waals surface area contributed by atoms with Crippen LogP contribution in [0.5, 0.6) is 0 Å². The minimum absolute atomic E-state index is 0. The number of carbonyl (C=O) groups excluding carboxylic acids is 1. The van der Waals surface area contributed by atoms with E-state index in [0.717, 1.165) is 42.6 Å². The summed E-state index contributed by atoms with van der Waals surface area (Å²) in [7, 11) is 3.84. The molecule has 2 bridgehead atoms. The number of hydrogen-bond donors (Lipinski definition) is 1. The third kappa shape index (κ3) is 4.10. The molecule has 1 N–H and O–H groups in total. The smallest absolute Gasteiger partial charge is 0.258 e. The Morgan fingerprint density at radius 1 is 1.30 bits per heavy atom. The lowest BCUT2D eigenvalue weighted by atomic mass is 10.1. The normalized spacial score (nSPS) is 22.7. The lowest BCUT2D eigenvalue weighted by Crippen LogP contribution is -2.43. The topological polar surface area (TPSA) is 48.5 Å². The highest BCUT2D eigenvalue weighted by molar-refractivity contribution is 9.10. The fourth-order valence-electron chi connectivity index (χ4n) is 3.40. The maximum Gasteiger partial charge on any atom is 0.258 e. The standard InChI is InChI=1S/C15H21BrN4O.2ClH/c1-19(2)14-13(7-10(16)8-18-14)15(21)20-11-3-4-12(20)9-17-6-5-11;;/h7-8,11-12,17H,3-6,9H2,1-2H3;2*1H. The van der Waals surface area contributed by atoms with Crippen LogP contribution in [0.3, 0.4) is 0 Å². The number of rotatable bonds is 2. The number of aromatic nitrogens is 1. The van der Waals surface area contributed by atoms with Crippen molar-refractivity contribution in [3.8, 4) is 0 Å². The van der Waals surface area contributed by atoms with E-state index >= 15 is 0 Å². The van der Waals surface area contributed by atoms with Crippen LogP contribution in [0.4, 0.5) is 5.82 Å². The van der Waals surface area contributed by atoms with Crippen molar-refractivity contribution < 1.29 is 4.79 Å². The number of fused-ring (bicyclic) bond motifs is 2. The van der Waals surface area contributed by atoms with Crippen LogP contribution in [0.1, 0.15) is 29.6 Å². The van der Waals surface area contributed by atoms with Gasteiger partial charge in [-0.15, -0.1) is 24.8 Å². The van der Waals surface area contributed by atoms with Crippen LogP contribution in [-0.4, -0.2) is 55.1 Å². The monoisotopic (exact) mass is 424 g/mol. The van der Waals surface area contributed by atoms with Crippen molar-refractivity contribution in [3.05, 3.63) is 22.3 Å². The van der Waals surface area contributed by atoms with E-state index in [2.05, 4.69) is 31.1 Å². The molecule has 2 aliphatic heterocycles. The van der Waals surface area contributed by atoms with Crippen LogP contribution in [0, 0.1) is 0 Å². The van der Waals surface area contributed by atoms with Gasteiger partial charge < -0.3 is 15.1 Å². The highest BCUT2D eigenvalue weighted by Gasteiger charge is 2.39. The average Bonchev–Trinajstić information content (AvgIpc) is 2.70. The van der Waals surface area contributed by atoms with Gasteiger partial charge in [-0.05, 0) is 47.8 Å². The molecule has 1 amide bonds. The third-order valence-corrected chi connectivity index (χ3v) is 4.81. The maximum absolute atomic E-state index is 13.1. The van der Waals surface area contributed by atoms with Crippen LogP contribution >= 0.6 is 40.7 Å². The van der Waals surface area contributed by atoms with Crippen LogP contribution < -0.4 is 10.2 Å². The van der Waals surface area contributed by atoms with E-state index in [0.29, 0.717) is 17.6 Å². The summed E-state index contributed by atoms with van der Waals surface area (Å²) >= 11 is 3.43. The number of amides is 1. The first-order valence-corrected chi connectivity index (χ1v) is 8.23. The van der Waals surface area contributed by atoms with Gasteiger partial charge in [0.25, 0.3) is 5.91 Å².